The molecule has 0 atom stereocenters. The van der Waals surface area contributed by atoms with Crippen LogP contribution in [0.1, 0.15) is 22.6 Å². The molecule has 0 saturated heterocycles. The molecule has 0 amide bonds. The topological polar surface area (TPSA) is 50.7 Å². The summed E-state index contributed by atoms with van der Waals surface area (Å²) in [5, 5.41) is 0. The van der Waals surface area contributed by atoms with Crippen molar-refractivity contribution in [3.8, 4) is 0 Å². The minimum atomic E-state index is -0.0219. The van der Waals surface area contributed by atoms with Crippen molar-refractivity contribution in [2.75, 3.05) is 11.6 Å². The van der Waals surface area contributed by atoms with Gasteiger partial charge in [0.15, 0.2) is 4.80 Å². The summed E-state index contributed by atoms with van der Waals surface area (Å²) in [6, 6.07) is 10.1. The molecule has 0 aliphatic carbocycles. The van der Waals surface area contributed by atoms with E-state index < -0.39 is 0 Å². The monoisotopic (exact) mass is 353 g/mol. The minimum absolute atomic E-state index is 0.0219. The zero-order valence-electron chi connectivity index (χ0n) is 14.4. The second kappa shape index (κ2) is 6.04. The molecule has 0 N–H and O–H groups in total. The molecule has 0 saturated carbocycles. The maximum Gasteiger partial charge on any atom is 0.271 e. The van der Waals surface area contributed by atoms with Crippen molar-refractivity contribution >= 4 is 23.1 Å². The highest BCUT2D eigenvalue weighted by Crippen LogP contribution is 2.19. The molecular formula is C19H19N3O2S. The first-order chi connectivity index (χ1) is 12.0. The number of aromatic nitrogens is 1. The second-order valence-electron chi connectivity index (χ2n) is 6.32. The maximum absolute atomic E-state index is 12.7. The highest BCUT2D eigenvalue weighted by molar-refractivity contribution is 7.07. The molecule has 4 rings (SSSR count). The Kier molecular flexibility index (Phi) is 3.84. The van der Waals surface area contributed by atoms with Crippen molar-refractivity contribution < 1.29 is 4.42 Å². The number of furan rings is 1. The lowest BCUT2D eigenvalue weighted by Crippen LogP contribution is -2.42. The number of hydrogen-bond acceptors (Lipinski definition) is 5. The second-order valence-corrected chi connectivity index (χ2v) is 7.33. The summed E-state index contributed by atoms with van der Waals surface area (Å²) in [5.41, 5.74) is 3.56. The molecule has 1 aliphatic heterocycles. The molecule has 5 nitrogen and oxygen atoms in total. The fourth-order valence-corrected chi connectivity index (χ4v) is 3.80. The van der Waals surface area contributed by atoms with E-state index in [-0.39, 0.29) is 5.56 Å². The lowest BCUT2D eigenvalue weighted by molar-refractivity contribution is 0.524. The fraction of sp³-hybridized carbons (Fsp3) is 0.263. The Morgan fingerprint density at radius 2 is 2.00 bits per heavy atom. The molecule has 25 heavy (non-hydrogen) atoms. The normalized spacial score (nSPS) is 14.5. The summed E-state index contributed by atoms with van der Waals surface area (Å²) >= 11 is 1.41. The lowest BCUT2D eigenvalue weighted by Gasteiger charge is -2.26. The Morgan fingerprint density at radius 1 is 1.16 bits per heavy atom. The summed E-state index contributed by atoms with van der Waals surface area (Å²) in [6.45, 7) is 7.16. The summed E-state index contributed by atoms with van der Waals surface area (Å²) in [4.78, 5) is 20.2. The van der Waals surface area contributed by atoms with Gasteiger partial charge in [0.05, 0.1) is 4.53 Å². The zero-order chi connectivity index (χ0) is 17.6. The van der Waals surface area contributed by atoms with E-state index in [2.05, 4.69) is 41.9 Å². The predicted molar refractivity (Wildman–Crippen MR) is 99.6 cm³/mol. The van der Waals surface area contributed by atoms with E-state index in [1.54, 1.807) is 10.6 Å². The van der Waals surface area contributed by atoms with Crippen LogP contribution < -0.4 is 19.8 Å². The van der Waals surface area contributed by atoms with E-state index in [0.717, 1.165) is 16.2 Å². The van der Waals surface area contributed by atoms with E-state index in [0.29, 0.717) is 23.6 Å². The fourth-order valence-electron chi connectivity index (χ4n) is 2.86. The van der Waals surface area contributed by atoms with E-state index in [1.807, 2.05) is 19.1 Å². The van der Waals surface area contributed by atoms with Gasteiger partial charge in [0.25, 0.3) is 5.56 Å². The molecule has 0 unspecified atom stereocenters. The van der Waals surface area contributed by atoms with Crippen molar-refractivity contribution in [1.82, 2.24) is 4.57 Å². The Balaban J connectivity index is 1.71. The number of benzene rings is 1. The number of fused-ring (bicyclic) bond motifs is 1. The molecule has 0 spiro atoms. The first-order valence-corrected chi connectivity index (χ1v) is 8.97. The van der Waals surface area contributed by atoms with Crippen molar-refractivity contribution in [3.63, 3.8) is 0 Å². The van der Waals surface area contributed by atoms with Crippen LogP contribution in [0, 0.1) is 20.8 Å². The Labute approximate surface area is 149 Å². The third-order valence-corrected chi connectivity index (χ3v) is 5.51. The Hall–Kier alpha value is -2.60. The molecule has 1 aromatic carbocycles. The number of hydrogen-bond donors (Lipinski definition) is 0. The lowest BCUT2D eigenvalue weighted by atomic mass is 10.1. The molecule has 2 aromatic heterocycles. The molecule has 3 aromatic rings. The molecule has 3 heterocycles. The number of aryl methyl sites for hydroxylation is 3. The van der Waals surface area contributed by atoms with Crippen LogP contribution >= 0.6 is 11.3 Å². The number of nitrogens with zero attached hydrogens (tertiary/aromatic N) is 3. The summed E-state index contributed by atoms with van der Waals surface area (Å²) in [7, 11) is 0. The van der Waals surface area contributed by atoms with Crippen LogP contribution in [0.25, 0.3) is 6.08 Å². The largest absolute Gasteiger partial charge is 0.462 e. The van der Waals surface area contributed by atoms with Crippen molar-refractivity contribution in [2.45, 2.75) is 27.4 Å². The van der Waals surface area contributed by atoms with Crippen LogP contribution in [0.5, 0.6) is 0 Å². The van der Waals surface area contributed by atoms with Gasteiger partial charge in [-0.3, -0.25) is 9.36 Å². The zero-order valence-corrected chi connectivity index (χ0v) is 15.3. The maximum atomic E-state index is 12.7. The molecular weight excluding hydrogens is 334 g/mol. The van der Waals surface area contributed by atoms with Crippen LogP contribution in [-0.2, 0) is 6.67 Å². The molecule has 0 radical (unpaired) electrons. The highest BCUT2D eigenvalue weighted by atomic mass is 32.1. The number of anilines is 1. The molecule has 0 fully saturated rings. The van der Waals surface area contributed by atoms with E-state index >= 15 is 0 Å². The van der Waals surface area contributed by atoms with Crippen molar-refractivity contribution in [1.29, 1.82) is 0 Å². The average molecular weight is 353 g/mol. The third-order valence-electron chi connectivity index (χ3n) is 4.47. The highest BCUT2D eigenvalue weighted by Gasteiger charge is 2.16. The summed E-state index contributed by atoms with van der Waals surface area (Å²) in [6.07, 6.45) is 1.79. The van der Waals surface area contributed by atoms with Crippen LogP contribution in [0.2, 0.25) is 0 Å². The van der Waals surface area contributed by atoms with Gasteiger partial charge in [0, 0.05) is 11.8 Å². The first kappa shape index (κ1) is 15.9. The first-order valence-electron chi connectivity index (χ1n) is 8.16. The quantitative estimate of drug-likeness (QED) is 0.710. The van der Waals surface area contributed by atoms with Crippen LogP contribution in [0.3, 0.4) is 0 Å². The van der Waals surface area contributed by atoms with Gasteiger partial charge in [-0.25, -0.2) is 4.99 Å². The van der Waals surface area contributed by atoms with Gasteiger partial charge in [-0.2, -0.15) is 0 Å². The molecule has 6 heteroatoms. The van der Waals surface area contributed by atoms with Gasteiger partial charge in [0.2, 0.25) is 0 Å². The minimum Gasteiger partial charge on any atom is -0.462 e. The van der Waals surface area contributed by atoms with Gasteiger partial charge in [0.1, 0.15) is 24.9 Å². The van der Waals surface area contributed by atoms with Gasteiger partial charge in [-0.05, 0) is 56.2 Å². The Morgan fingerprint density at radius 3 is 2.72 bits per heavy atom. The summed E-state index contributed by atoms with van der Waals surface area (Å²) < 4.78 is 7.93. The van der Waals surface area contributed by atoms with Crippen LogP contribution in [0.15, 0.2) is 44.5 Å². The smallest absolute Gasteiger partial charge is 0.271 e. The number of thiazole rings is 1. The van der Waals surface area contributed by atoms with Crippen molar-refractivity contribution in [2.24, 2.45) is 4.99 Å². The molecule has 1 aliphatic rings. The third kappa shape index (κ3) is 2.93. The van der Waals surface area contributed by atoms with E-state index in [9.17, 15) is 4.79 Å². The van der Waals surface area contributed by atoms with Gasteiger partial charge < -0.3 is 9.32 Å². The van der Waals surface area contributed by atoms with Gasteiger partial charge in [-0.15, -0.1) is 0 Å². The average Bonchev–Trinajstić information content (AvgIpc) is 3.14. The van der Waals surface area contributed by atoms with E-state index in [4.69, 9.17) is 4.42 Å². The van der Waals surface area contributed by atoms with Gasteiger partial charge >= 0.3 is 0 Å². The van der Waals surface area contributed by atoms with Crippen molar-refractivity contribution in [3.05, 3.63) is 72.7 Å². The standard InChI is InChI=1S/C19H19N3O2S/c1-12-4-6-15(8-13(12)2)21-10-20-19-22(11-21)18(23)17(25-19)9-16-7-5-14(3)24-16/h4-9H,10-11H2,1-3H3/b17-9-. The van der Waals surface area contributed by atoms with E-state index in [1.165, 1.54) is 22.5 Å². The Bertz CT molecular complexity index is 1120. The molecule has 0 bridgehead atoms. The number of rotatable bonds is 2. The van der Waals surface area contributed by atoms with Crippen LogP contribution in [-0.4, -0.2) is 11.2 Å². The predicted octanol–water partition coefficient (Wildman–Crippen LogP) is 2.31. The molecule has 128 valence electrons. The van der Waals surface area contributed by atoms with Gasteiger partial charge in [-0.1, -0.05) is 17.4 Å². The van der Waals surface area contributed by atoms with Crippen LogP contribution in [0.4, 0.5) is 5.69 Å². The SMILES string of the molecule is Cc1ccc(/C=c2\sc3n(c2=O)CN(c2ccc(C)c(C)c2)CN=3)o1. The summed E-state index contributed by atoms with van der Waals surface area (Å²) in [5.74, 6) is 1.53.